The molecule has 0 unspecified atom stereocenters. The number of para-hydroxylation sites is 1. The zero-order chi connectivity index (χ0) is 14.1. The monoisotopic (exact) mass is 266 g/mol. The molecule has 1 heterocycles. The van der Waals surface area contributed by atoms with E-state index in [2.05, 4.69) is 43.2 Å². The topological polar surface area (TPSA) is 27.1 Å². The molecule has 0 atom stereocenters. The Labute approximate surface area is 118 Å². The maximum absolute atomic E-state index is 5.92. The lowest BCUT2D eigenvalue weighted by Crippen LogP contribution is -1.99. The van der Waals surface area contributed by atoms with Crippen molar-refractivity contribution in [2.75, 3.05) is 0 Å². The number of hydrogen-bond acceptors (Lipinski definition) is 2. The standard InChI is InChI=1S/C17H18N2O/c1-12-8-9-17(13(2)10-12)20-11-15-14-6-4-5-7-16(14)19(3)18-15/h4-10H,11H2,1-3H3. The van der Waals surface area contributed by atoms with E-state index in [1.54, 1.807) is 0 Å². The lowest BCUT2D eigenvalue weighted by molar-refractivity contribution is 0.299. The quantitative estimate of drug-likeness (QED) is 0.721. The number of nitrogens with zero attached hydrogens (tertiary/aromatic N) is 2. The Morgan fingerprint density at radius 2 is 1.90 bits per heavy atom. The Kier molecular flexibility index (Phi) is 3.18. The number of ether oxygens (including phenoxy) is 1. The third kappa shape index (κ3) is 2.27. The third-order valence-electron chi connectivity index (χ3n) is 3.53. The van der Waals surface area contributed by atoms with Gasteiger partial charge in [0, 0.05) is 12.4 Å². The summed E-state index contributed by atoms with van der Waals surface area (Å²) in [7, 11) is 1.96. The summed E-state index contributed by atoms with van der Waals surface area (Å²) in [5.41, 5.74) is 4.51. The zero-order valence-corrected chi connectivity index (χ0v) is 12.1. The molecule has 0 aliphatic carbocycles. The van der Waals surface area contributed by atoms with Crippen LogP contribution in [0.15, 0.2) is 42.5 Å². The van der Waals surface area contributed by atoms with Gasteiger partial charge in [0.25, 0.3) is 0 Å². The molecule has 1 aromatic heterocycles. The largest absolute Gasteiger partial charge is 0.487 e. The number of hydrogen-bond donors (Lipinski definition) is 0. The number of aromatic nitrogens is 2. The Hall–Kier alpha value is -2.29. The summed E-state index contributed by atoms with van der Waals surface area (Å²) < 4.78 is 7.82. The summed E-state index contributed by atoms with van der Waals surface area (Å²) in [5, 5.41) is 5.70. The Morgan fingerprint density at radius 3 is 2.70 bits per heavy atom. The third-order valence-corrected chi connectivity index (χ3v) is 3.53. The number of fused-ring (bicyclic) bond motifs is 1. The first-order chi connectivity index (χ1) is 9.65. The summed E-state index contributed by atoms with van der Waals surface area (Å²) >= 11 is 0. The van der Waals surface area contributed by atoms with Gasteiger partial charge in [0.15, 0.2) is 0 Å². The molecule has 102 valence electrons. The molecule has 0 aliphatic rings. The van der Waals surface area contributed by atoms with Crippen LogP contribution in [0.3, 0.4) is 0 Å². The van der Waals surface area contributed by atoms with Gasteiger partial charge in [0.1, 0.15) is 18.1 Å². The molecule has 0 aliphatic heterocycles. The molecule has 2 aromatic carbocycles. The van der Waals surface area contributed by atoms with Crippen molar-refractivity contribution >= 4 is 10.9 Å². The van der Waals surface area contributed by atoms with Crippen LogP contribution in [-0.4, -0.2) is 9.78 Å². The molecule has 0 saturated heterocycles. The predicted octanol–water partition coefficient (Wildman–Crippen LogP) is 3.77. The van der Waals surface area contributed by atoms with E-state index >= 15 is 0 Å². The minimum Gasteiger partial charge on any atom is -0.487 e. The molecule has 0 N–H and O–H groups in total. The van der Waals surface area contributed by atoms with Crippen LogP contribution in [0.4, 0.5) is 0 Å². The van der Waals surface area contributed by atoms with Gasteiger partial charge in [-0.25, -0.2) is 0 Å². The molecule has 3 nitrogen and oxygen atoms in total. The smallest absolute Gasteiger partial charge is 0.133 e. The Balaban J connectivity index is 1.87. The second-order valence-electron chi connectivity index (χ2n) is 5.15. The first-order valence-corrected chi connectivity index (χ1v) is 6.76. The van der Waals surface area contributed by atoms with E-state index in [0.717, 1.165) is 27.9 Å². The van der Waals surface area contributed by atoms with Gasteiger partial charge >= 0.3 is 0 Å². The fraction of sp³-hybridized carbons (Fsp3) is 0.235. The van der Waals surface area contributed by atoms with Crippen LogP contribution in [0, 0.1) is 13.8 Å². The summed E-state index contributed by atoms with van der Waals surface area (Å²) in [6.07, 6.45) is 0. The molecule has 20 heavy (non-hydrogen) atoms. The SMILES string of the molecule is Cc1ccc(OCc2nn(C)c3ccccc23)c(C)c1. The van der Waals surface area contributed by atoms with E-state index < -0.39 is 0 Å². The Morgan fingerprint density at radius 1 is 1.10 bits per heavy atom. The van der Waals surface area contributed by atoms with Crippen LogP contribution in [0.1, 0.15) is 16.8 Å². The van der Waals surface area contributed by atoms with E-state index in [1.807, 2.05) is 29.9 Å². The van der Waals surface area contributed by atoms with Crippen molar-refractivity contribution in [2.24, 2.45) is 7.05 Å². The van der Waals surface area contributed by atoms with Gasteiger partial charge in [0.2, 0.25) is 0 Å². The highest BCUT2D eigenvalue weighted by Gasteiger charge is 2.09. The summed E-state index contributed by atoms with van der Waals surface area (Å²) in [4.78, 5) is 0. The summed E-state index contributed by atoms with van der Waals surface area (Å²) in [6, 6.07) is 14.4. The lowest BCUT2D eigenvalue weighted by atomic mass is 10.1. The van der Waals surface area contributed by atoms with Gasteiger partial charge in [0.05, 0.1) is 5.52 Å². The van der Waals surface area contributed by atoms with E-state index in [9.17, 15) is 0 Å². The van der Waals surface area contributed by atoms with E-state index in [1.165, 1.54) is 5.56 Å². The zero-order valence-electron chi connectivity index (χ0n) is 12.1. The van der Waals surface area contributed by atoms with Crippen molar-refractivity contribution in [3.63, 3.8) is 0 Å². The van der Waals surface area contributed by atoms with Gasteiger partial charge in [-0.3, -0.25) is 4.68 Å². The van der Waals surface area contributed by atoms with Crippen molar-refractivity contribution in [1.82, 2.24) is 9.78 Å². The van der Waals surface area contributed by atoms with Crippen LogP contribution >= 0.6 is 0 Å². The number of rotatable bonds is 3. The van der Waals surface area contributed by atoms with Crippen molar-refractivity contribution < 1.29 is 4.74 Å². The van der Waals surface area contributed by atoms with Crippen LogP contribution < -0.4 is 4.74 Å². The first-order valence-electron chi connectivity index (χ1n) is 6.76. The second-order valence-corrected chi connectivity index (χ2v) is 5.15. The van der Waals surface area contributed by atoms with Crippen molar-refractivity contribution in [3.8, 4) is 5.75 Å². The number of aryl methyl sites for hydroxylation is 3. The van der Waals surface area contributed by atoms with Crippen LogP contribution in [0.25, 0.3) is 10.9 Å². The van der Waals surface area contributed by atoms with Crippen LogP contribution in [-0.2, 0) is 13.7 Å². The molecule has 3 aromatic rings. The van der Waals surface area contributed by atoms with Gasteiger partial charge in [-0.15, -0.1) is 0 Å². The number of benzene rings is 2. The highest BCUT2D eigenvalue weighted by molar-refractivity contribution is 5.81. The summed E-state index contributed by atoms with van der Waals surface area (Å²) in [5.74, 6) is 0.922. The normalized spacial score (nSPS) is 10.9. The van der Waals surface area contributed by atoms with Crippen molar-refractivity contribution in [1.29, 1.82) is 0 Å². The van der Waals surface area contributed by atoms with Crippen LogP contribution in [0.5, 0.6) is 5.75 Å². The maximum Gasteiger partial charge on any atom is 0.133 e. The minimum absolute atomic E-state index is 0.491. The molecule has 3 heteroatoms. The molecule has 0 radical (unpaired) electrons. The summed E-state index contributed by atoms with van der Waals surface area (Å²) in [6.45, 7) is 4.65. The lowest BCUT2D eigenvalue weighted by Gasteiger charge is -2.08. The second kappa shape index (κ2) is 5.00. The molecule has 3 rings (SSSR count). The van der Waals surface area contributed by atoms with E-state index in [4.69, 9.17) is 4.74 Å². The van der Waals surface area contributed by atoms with Gasteiger partial charge in [-0.2, -0.15) is 5.10 Å². The first kappa shape index (κ1) is 12.7. The fourth-order valence-electron chi connectivity index (χ4n) is 2.50. The molecule has 0 spiro atoms. The highest BCUT2D eigenvalue weighted by Crippen LogP contribution is 2.22. The minimum atomic E-state index is 0.491. The molecule has 0 fully saturated rings. The van der Waals surface area contributed by atoms with E-state index in [-0.39, 0.29) is 0 Å². The van der Waals surface area contributed by atoms with Gasteiger partial charge in [-0.1, -0.05) is 35.9 Å². The van der Waals surface area contributed by atoms with Crippen molar-refractivity contribution in [3.05, 3.63) is 59.3 Å². The highest BCUT2D eigenvalue weighted by atomic mass is 16.5. The van der Waals surface area contributed by atoms with Crippen LogP contribution in [0.2, 0.25) is 0 Å². The fourth-order valence-corrected chi connectivity index (χ4v) is 2.50. The van der Waals surface area contributed by atoms with E-state index in [0.29, 0.717) is 6.61 Å². The molecular formula is C17H18N2O. The molecule has 0 amide bonds. The molecule has 0 bridgehead atoms. The predicted molar refractivity (Wildman–Crippen MR) is 81.0 cm³/mol. The Bertz CT molecular complexity index is 759. The van der Waals surface area contributed by atoms with Gasteiger partial charge in [-0.05, 0) is 31.5 Å². The molecule has 0 saturated carbocycles. The average Bonchev–Trinajstić information content (AvgIpc) is 2.75. The van der Waals surface area contributed by atoms with Crippen molar-refractivity contribution in [2.45, 2.75) is 20.5 Å². The maximum atomic E-state index is 5.92. The average molecular weight is 266 g/mol. The molecular weight excluding hydrogens is 248 g/mol. The van der Waals surface area contributed by atoms with Gasteiger partial charge < -0.3 is 4.74 Å².